The second kappa shape index (κ2) is 19.8. The van der Waals surface area contributed by atoms with Crippen molar-refractivity contribution >= 4 is 5.97 Å². The molecule has 0 radical (unpaired) electrons. The topological polar surface area (TPSA) is 26.3 Å². The van der Waals surface area contributed by atoms with Crippen LogP contribution in [0.25, 0.3) is 0 Å². The van der Waals surface area contributed by atoms with Crippen molar-refractivity contribution in [3.63, 3.8) is 0 Å². The Hall–Kier alpha value is -0.530. The van der Waals surface area contributed by atoms with Gasteiger partial charge in [-0.05, 0) is 18.8 Å². The van der Waals surface area contributed by atoms with Crippen LogP contribution in [0.2, 0.25) is 0 Å². The lowest BCUT2D eigenvalue weighted by molar-refractivity contribution is -0.143. The van der Waals surface area contributed by atoms with Gasteiger partial charge in [0, 0.05) is 6.42 Å². The number of hydrogen-bond donors (Lipinski definition) is 0. The Morgan fingerprint density at radius 1 is 0.680 bits per heavy atom. The van der Waals surface area contributed by atoms with E-state index in [1.807, 2.05) is 0 Å². The van der Waals surface area contributed by atoms with E-state index in [-0.39, 0.29) is 5.97 Å². The van der Waals surface area contributed by atoms with Crippen LogP contribution in [-0.2, 0) is 9.53 Å². The molecule has 0 aliphatic carbocycles. The molecule has 0 spiro atoms. The lowest BCUT2D eigenvalue weighted by atomic mass is 10.0. The molecule has 2 heteroatoms. The average molecular weight is 355 g/mol. The average Bonchev–Trinajstić information content (AvgIpc) is 2.58. The van der Waals surface area contributed by atoms with Crippen LogP contribution in [0.15, 0.2) is 0 Å². The summed E-state index contributed by atoms with van der Waals surface area (Å²) in [7, 11) is 0. The van der Waals surface area contributed by atoms with E-state index < -0.39 is 0 Å². The van der Waals surface area contributed by atoms with E-state index in [1.54, 1.807) is 0 Å². The fraction of sp³-hybridized carbons (Fsp3) is 0.957. The molecule has 0 aromatic rings. The molecule has 0 aromatic carbocycles. The van der Waals surface area contributed by atoms with Gasteiger partial charge in [-0.2, -0.15) is 0 Å². The second-order valence-corrected chi connectivity index (χ2v) is 8.10. The first kappa shape index (κ1) is 24.5. The zero-order valence-corrected chi connectivity index (χ0v) is 17.6. The van der Waals surface area contributed by atoms with Crippen LogP contribution in [0, 0.1) is 5.92 Å². The van der Waals surface area contributed by atoms with E-state index in [2.05, 4.69) is 20.8 Å². The van der Waals surface area contributed by atoms with Gasteiger partial charge in [0.15, 0.2) is 0 Å². The zero-order chi connectivity index (χ0) is 18.6. The molecule has 0 atom stereocenters. The summed E-state index contributed by atoms with van der Waals surface area (Å²) in [6.45, 7) is 7.42. The van der Waals surface area contributed by atoms with Crippen molar-refractivity contribution in [3.05, 3.63) is 0 Å². The summed E-state index contributed by atoms with van der Waals surface area (Å²) in [5.41, 5.74) is 0. The predicted octanol–water partition coefficient (Wildman–Crippen LogP) is 7.84. The standard InChI is InChI=1S/C23H46O2/c1-4-5-18-21-25-23(24)20-17-15-13-11-9-7-6-8-10-12-14-16-19-22(2)3/h22H,4-21H2,1-3H3. The number of hydrogen-bond acceptors (Lipinski definition) is 2. The normalized spacial score (nSPS) is 11.2. The van der Waals surface area contributed by atoms with E-state index in [1.165, 1.54) is 83.5 Å². The third kappa shape index (κ3) is 21.4. The Labute approximate surface area is 158 Å². The molecule has 0 bridgehead atoms. The summed E-state index contributed by atoms with van der Waals surface area (Å²) < 4.78 is 5.22. The van der Waals surface area contributed by atoms with Crippen LogP contribution >= 0.6 is 0 Å². The Morgan fingerprint density at radius 3 is 1.64 bits per heavy atom. The van der Waals surface area contributed by atoms with Gasteiger partial charge in [0.2, 0.25) is 0 Å². The molecule has 0 rings (SSSR count). The van der Waals surface area contributed by atoms with E-state index in [0.29, 0.717) is 13.0 Å². The highest BCUT2D eigenvalue weighted by molar-refractivity contribution is 5.69. The van der Waals surface area contributed by atoms with E-state index in [0.717, 1.165) is 25.2 Å². The summed E-state index contributed by atoms with van der Waals surface area (Å²) >= 11 is 0. The van der Waals surface area contributed by atoms with Crippen molar-refractivity contribution < 1.29 is 9.53 Å². The Balaban J connectivity index is 3.10. The van der Waals surface area contributed by atoms with Crippen molar-refractivity contribution in [1.82, 2.24) is 0 Å². The molecular weight excluding hydrogens is 308 g/mol. The second-order valence-electron chi connectivity index (χ2n) is 8.10. The van der Waals surface area contributed by atoms with Crippen LogP contribution in [0.1, 0.15) is 130 Å². The molecule has 150 valence electrons. The van der Waals surface area contributed by atoms with Crippen LogP contribution in [0.3, 0.4) is 0 Å². The highest BCUT2D eigenvalue weighted by Crippen LogP contribution is 2.14. The van der Waals surface area contributed by atoms with Gasteiger partial charge in [0.25, 0.3) is 0 Å². The highest BCUT2D eigenvalue weighted by Gasteiger charge is 2.02. The van der Waals surface area contributed by atoms with Gasteiger partial charge in [-0.15, -0.1) is 0 Å². The fourth-order valence-corrected chi connectivity index (χ4v) is 3.20. The summed E-state index contributed by atoms with van der Waals surface area (Å²) in [4.78, 5) is 11.5. The number of carbonyl (C=O) groups excluding carboxylic acids is 1. The third-order valence-corrected chi connectivity index (χ3v) is 4.92. The van der Waals surface area contributed by atoms with Gasteiger partial charge in [0.05, 0.1) is 6.61 Å². The summed E-state index contributed by atoms with van der Waals surface area (Å²) in [5.74, 6) is 0.876. The molecule has 0 aliphatic heterocycles. The molecule has 0 heterocycles. The Bertz CT molecular complexity index is 273. The maximum Gasteiger partial charge on any atom is 0.305 e. The number of unbranched alkanes of at least 4 members (excludes halogenated alkanes) is 13. The minimum absolute atomic E-state index is 0.00416. The van der Waals surface area contributed by atoms with E-state index >= 15 is 0 Å². The first-order valence-corrected chi connectivity index (χ1v) is 11.3. The lowest BCUT2D eigenvalue weighted by Gasteiger charge is -2.05. The molecule has 0 fully saturated rings. The van der Waals surface area contributed by atoms with Crippen LogP contribution in [0.4, 0.5) is 0 Å². The quantitative estimate of drug-likeness (QED) is 0.174. The van der Waals surface area contributed by atoms with Gasteiger partial charge < -0.3 is 4.74 Å². The van der Waals surface area contributed by atoms with Gasteiger partial charge in [-0.25, -0.2) is 0 Å². The van der Waals surface area contributed by atoms with Crippen LogP contribution in [0.5, 0.6) is 0 Å². The minimum Gasteiger partial charge on any atom is -0.466 e. The van der Waals surface area contributed by atoms with E-state index in [9.17, 15) is 4.79 Å². The minimum atomic E-state index is 0.00416. The molecule has 0 saturated heterocycles. The van der Waals surface area contributed by atoms with Gasteiger partial charge in [-0.3, -0.25) is 4.79 Å². The summed E-state index contributed by atoms with van der Waals surface area (Å²) in [6.07, 6.45) is 21.5. The SMILES string of the molecule is CCCCCOC(=O)CCCCCCCCCCCCCCC(C)C. The van der Waals surface area contributed by atoms with Crippen molar-refractivity contribution in [2.45, 2.75) is 130 Å². The number of esters is 1. The number of carbonyl (C=O) groups is 1. The van der Waals surface area contributed by atoms with Crippen molar-refractivity contribution in [2.24, 2.45) is 5.92 Å². The number of ether oxygens (including phenoxy) is 1. The molecule has 0 saturated carbocycles. The predicted molar refractivity (Wildman–Crippen MR) is 110 cm³/mol. The molecule has 0 unspecified atom stereocenters. The molecule has 0 N–H and O–H groups in total. The lowest BCUT2D eigenvalue weighted by Crippen LogP contribution is -2.05. The molecule has 0 aromatic heterocycles. The first-order valence-electron chi connectivity index (χ1n) is 11.3. The van der Waals surface area contributed by atoms with Gasteiger partial charge in [-0.1, -0.05) is 111 Å². The number of rotatable bonds is 19. The summed E-state index contributed by atoms with van der Waals surface area (Å²) in [6, 6.07) is 0. The maximum atomic E-state index is 11.5. The van der Waals surface area contributed by atoms with Crippen LogP contribution < -0.4 is 0 Å². The van der Waals surface area contributed by atoms with E-state index in [4.69, 9.17) is 4.74 Å². The zero-order valence-electron chi connectivity index (χ0n) is 17.6. The third-order valence-electron chi connectivity index (χ3n) is 4.92. The van der Waals surface area contributed by atoms with Gasteiger partial charge >= 0.3 is 5.97 Å². The molecule has 25 heavy (non-hydrogen) atoms. The molecular formula is C23H46O2. The van der Waals surface area contributed by atoms with Crippen molar-refractivity contribution in [1.29, 1.82) is 0 Å². The van der Waals surface area contributed by atoms with Crippen molar-refractivity contribution in [3.8, 4) is 0 Å². The molecule has 0 amide bonds. The summed E-state index contributed by atoms with van der Waals surface area (Å²) in [5, 5.41) is 0. The monoisotopic (exact) mass is 354 g/mol. The smallest absolute Gasteiger partial charge is 0.305 e. The Kier molecular flexibility index (Phi) is 19.4. The Morgan fingerprint density at radius 2 is 1.16 bits per heavy atom. The maximum absolute atomic E-state index is 11.5. The first-order chi connectivity index (χ1) is 12.2. The fourth-order valence-electron chi connectivity index (χ4n) is 3.20. The van der Waals surface area contributed by atoms with Crippen molar-refractivity contribution in [2.75, 3.05) is 6.61 Å². The molecule has 0 aliphatic rings. The molecule has 2 nitrogen and oxygen atoms in total. The van der Waals surface area contributed by atoms with Gasteiger partial charge in [0.1, 0.15) is 0 Å². The highest BCUT2D eigenvalue weighted by atomic mass is 16.5. The van der Waals surface area contributed by atoms with Crippen LogP contribution in [-0.4, -0.2) is 12.6 Å². The largest absolute Gasteiger partial charge is 0.466 e.